The fraction of sp³-hybridized carbons (Fsp3) is 0.500. The minimum absolute atomic E-state index is 0.00181. The molecule has 0 aliphatic heterocycles. The van der Waals surface area contributed by atoms with Crippen molar-refractivity contribution in [2.24, 2.45) is 5.92 Å². The largest absolute Gasteiger partial charge is 0.477 e. The predicted molar refractivity (Wildman–Crippen MR) is 70.4 cm³/mol. The van der Waals surface area contributed by atoms with Crippen molar-refractivity contribution in [3.8, 4) is 0 Å². The first-order valence-electron chi connectivity index (χ1n) is 5.96. The van der Waals surface area contributed by atoms with E-state index in [1.807, 2.05) is 20.8 Å². The van der Waals surface area contributed by atoms with Crippen LogP contribution in [0.15, 0.2) is 12.1 Å². The maximum atomic E-state index is 10.9. The van der Waals surface area contributed by atoms with E-state index in [0.29, 0.717) is 5.92 Å². The molecule has 1 aromatic heterocycles. The molecular weight excluding hydrogens is 250 g/mol. The Bertz CT molecular complexity index is 488. The van der Waals surface area contributed by atoms with Crippen LogP contribution in [0.25, 0.3) is 0 Å². The van der Waals surface area contributed by atoms with Crippen molar-refractivity contribution < 1.29 is 14.8 Å². The van der Waals surface area contributed by atoms with Crippen molar-refractivity contribution in [3.63, 3.8) is 0 Å². The molecule has 19 heavy (non-hydrogen) atoms. The van der Waals surface area contributed by atoms with Gasteiger partial charge in [0.2, 0.25) is 5.82 Å². The van der Waals surface area contributed by atoms with E-state index in [1.54, 1.807) is 0 Å². The van der Waals surface area contributed by atoms with Crippen molar-refractivity contribution in [1.29, 1.82) is 0 Å². The number of aromatic nitrogens is 1. The number of nitro groups is 1. The molecule has 1 unspecified atom stereocenters. The van der Waals surface area contributed by atoms with E-state index in [-0.39, 0.29) is 23.2 Å². The maximum Gasteiger partial charge on any atom is 0.354 e. The van der Waals surface area contributed by atoms with Crippen LogP contribution in [0.2, 0.25) is 0 Å². The van der Waals surface area contributed by atoms with E-state index in [1.165, 1.54) is 0 Å². The zero-order chi connectivity index (χ0) is 14.6. The summed E-state index contributed by atoms with van der Waals surface area (Å²) in [4.78, 5) is 24.9. The molecule has 0 fully saturated rings. The quantitative estimate of drug-likeness (QED) is 0.606. The van der Waals surface area contributed by atoms with Gasteiger partial charge in [0.1, 0.15) is 0 Å². The van der Waals surface area contributed by atoms with Gasteiger partial charge in [-0.2, -0.15) is 0 Å². The molecule has 0 aliphatic carbocycles. The van der Waals surface area contributed by atoms with E-state index in [9.17, 15) is 14.9 Å². The van der Waals surface area contributed by atoms with Crippen molar-refractivity contribution in [2.75, 3.05) is 5.32 Å². The van der Waals surface area contributed by atoms with Crippen molar-refractivity contribution >= 4 is 17.5 Å². The van der Waals surface area contributed by atoms with E-state index in [0.717, 1.165) is 18.6 Å². The van der Waals surface area contributed by atoms with Gasteiger partial charge in [0.25, 0.3) is 0 Å². The van der Waals surface area contributed by atoms with Gasteiger partial charge in [0.15, 0.2) is 5.69 Å². The Morgan fingerprint density at radius 3 is 2.58 bits per heavy atom. The number of anilines is 1. The van der Waals surface area contributed by atoms with Crippen LogP contribution < -0.4 is 5.32 Å². The van der Waals surface area contributed by atoms with Crippen LogP contribution in [-0.4, -0.2) is 27.0 Å². The van der Waals surface area contributed by atoms with E-state index in [4.69, 9.17) is 5.11 Å². The fourth-order valence-electron chi connectivity index (χ4n) is 1.82. The molecule has 104 valence electrons. The Morgan fingerprint density at radius 2 is 2.11 bits per heavy atom. The molecule has 0 radical (unpaired) electrons. The van der Waals surface area contributed by atoms with Gasteiger partial charge in [-0.3, -0.25) is 10.1 Å². The standard InChI is InChI=1S/C12H17N3O4/c1-7(2)6-8(3)13-11-10(15(18)19)5-4-9(14-11)12(16)17/h4-5,7-8H,6H2,1-3H3,(H,13,14)(H,16,17). The molecule has 0 aliphatic rings. The normalized spacial score (nSPS) is 12.2. The minimum atomic E-state index is -1.21. The van der Waals surface area contributed by atoms with Crippen LogP contribution in [0.3, 0.4) is 0 Å². The summed E-state index contributed by atoms with van der Waals surface area (Å²) in [7, 11) is 0. The summed E-state index contributed by atoms with van der Waals surface area (Å²) in [6.07, 6.45) is 0.802. The Hall–Kier alpha value is -2.18. The number of pyridine rings is 1. The lowest BCUT2D eigenvalue weighted by atomic mass is 10.1. The van der Waals surface area contributed by atoms with Crippen LogP contribution in [0.4, 0.5) is 11.5 Å². The number of carboxylic acids is 1. The molecule has 0 amide bonds. The van der Waals surface area contributed by atoms with E-state index in [2.05, 4.69) is 10.3 Å². The number of nitrogens with one attached hydrogen (secondary N) is 1. The maximum absolute atomic E-state index is 10.9. The Kier molecular flexibility index (Phi) is 4.80. The summed E-state index contributed by atoms with van der Waals surface area (Å²) in [5.41, 5.74) is -0.439. The highest BCUT2D eigenvalue weighted by atomic mass is 16.6. The SMILES string of the molecule is CC(C)CC(C)Nc1nc(C(=O)O)ccc1[N+](=O)[O-]. The van der Waals surface area contributed by atoms with Gasteiger partial charge in [-0.1, -0.05) is 13.8 Å². The highest BCUT2D eigenvalue weighted by Gasteiger charge is 2.20. The topological polar surface area (TPSA) is 105 Å². The molecule has 1 rings (SSSR count). The molecule has 7 nitrogen and oxygen atoms in total. The third-order valence-electron chi connectivity index (χ3n) is 2.50. The van der Waals surface area contributed by atoms with Crippen LogP contribution in [0, 0.1) is 16.0 Å². The third-order valence-corrected chi connectivity index (χ3v) is 2.50. The van der Waals surface area contributed by atoms with Gasteiger partial charge in [0.05, 0.1) is 4.92 Å². The molecule has 0 spiro atoms. The van der Waals surface area contributed by atoms with Crippen molar-refractivity contribution in [2.45, 2.75) is 33.2 Å². The molecule has 0 saturated carbocycles. The molecule has 0 saturated heterocycles. The average Bonchev–Trinajstić information content (AvgIpc) is 2.26. The monoisotopic (exact) mass is 267 g/mol. The van der Waals surface area contributed by atoms with Gasteiger partial charge < -0.3 is 10.4 Å². The van der Waals surface area contributed by atoms with E-state index >= 15 is 0 Å². The van der Waals surface area contributed by atoms with E-state index < -0.39 is 10.9 Å². The first-order chi connectivity index (χ1) is 8.81. The summed E-state index contributed by atoms with van der Waals surface area (Å²) in [5.74, 6) is -0.795. The fourth-order valence-corrected chi connectivity index (χ4v) is 1.82. The third kappa shape index (κ3) is 4.20. The second-order valence-electron chi connectivity index (χ2n) is 4.80. The number of carboxylic acid groups (broad SMARTS) is 1. The van der Waals surface area contributed by atoms with Crippen LogP contribution in [0.5, 0.6) is 0 Å². The Labute approximate surface area is 110 Å². The smallest absolute Gasteiger partial charge is 0.354 e. The Balaban J connectivity index is 3.04. The Morgan fingerprint density at radius 1 is 1.47 bits per heavy atom. The molecule has 2 N–H and O–H groups in total. The van der Waals surface area contributed by atoms with Gasteiger partial charge in [0, 0.05) is 12.1 Å². The number of hydrogen-bond donors (Lipinski definition) is 2. The summed E-state index contributed by atoms with van der Waals surface area (Å²) in [6.45, 7) is 5.94. The molecule has 0 bridgehead atoms. The number of nitrogens with zero attached hydrogens (tertiary/aromatic N) is 2. The number of hydrogen-bond acceptors (Lipinski definition) is 5. The van der Waals surface area contributed by atoms with Gasteiger partial charge in [-0.05, 0) is 25.3 Å². The lowest BCUT2D eigenvalue weighted by Crippen LogP contribution is -2.20. The average molecular weight is 267 g/mol. The molecule has 1 aromatic rings. The summed E-state index contributed by atoms with van der Waals surface area (Å²) in [6, 6.07) is 2.25. The molecule has 7 heteroatoms. The first-order valence-corrected chi connectivity index (χ1v) is 5.96. The zero-order valence-corrected chi connectivity index (χ0v) is 11.1. The molecule has 0 aromatic carbocycles. The number of carbonyl (C=O) groups is 1. The van der Waals surface area contributed by atoms with Gasteiger partial charge >= 0.3 is 11.7 Å². The van der Waals surface area contributed by atoms with Gasteiger partial charge in [-0.15, -0.1) is 0 Å². The zero-order valence-electron chi connectivity index (χ0n) is 11.1. The highest BCUT2D eigenvalue weighted by molar-refractivity contribution is 5.86. The minimum Gasteiger partial charge on any atom is -0.477 e. The second kappa shape index (κ2) is 6.12. The second-order valence-corrected chi connectivity index (χ2v) is 4.80. The van der Waals surface area contributed by atoms with Crippen LogP contribution in [-0.2, 0) is 0 Å². The van der Waals surface area contributed by atoms with Gasteiger partial charge in [-0.25, -0.2) is 9.78 Å². The lowest BCUT2D eigenvalue weighted by Gasteiger charge is -2.16. The lowest BCUT2D eigenvalue weighted by molar-refractivity contribution is -0.384. The van der Waals surface area contributed by atoms with Crippen molar-refractivity contribution in [3.05, 3.63) is 27.9 Å². The van der Waals surface area contributed by atoms with Crippen molar-refractivity contribution in [1.82, 2.24) is 4.98 Å². The van der Waals surface area contributed by atoms with Crippen LogP contribution in [0.1, 0.15) is 37.7 Å². The first kappa shape index (κ1) is 14.9. The molecular formula is C12H17N3O4. The predicted octanol–water partition coefficient (Wildman–Crippen LogP) is 2.53. The number of aromatic carboxylic acids is 1. The summed E-state index contributed by atoms with van der Waals surface area (Å²) in [5, 5.41) is 22.6. The molecule has 1 atom stereocenters. The number of rotatable bonds is 6. The highest BCUT2D eigenvalue weighted by Crippen LogP contribution is 2.23. The summed E-state index contributed by atoms with van der Waals surface area (Å²) >= 11 is 0. The molecule has 1 heterocycles. The van der Waals surface area contributed by atoms with Crippen LogP contribution >= 0.6 is 0 Å². The summed E-state index contributed by atoms with van der Waals surface area (Å²) < 4.78 is 0.